The van der Waals surface area contributed by atoms with Crippen molar-refractivity contribution < 1.29 is 4.74 Å². The molecule has 19 heavy (non-hydrogen) atoms. The zero-order chi connectivity index (χ0) is 14.0. The van der Waals surface area contributed by atoms with Crippen molar-refractivity contribution in [3.8, 4) is 17.1 Å². The largest absolute Gasteiger partial charge is 0.496 e. The van der Waals surface area contributed by atoms with E-state index >= 15 is 0 Å². The standard InChI is InChI=1S/C13H12BrClN2OS/c1-3-9-11(14)13(19)17-12(16-9)8-5-4-7(15)6-10(8)18-2/h4-6H,3H2,1-2H3,(H,16,17,19). The average Bonchev–Trinajstić information content (AvgIpc) is 2.41. The molecule has 1 heterocycles. The Balaban J connectivity index is 2.65. The van der Waals surface area contributed by atoms with Gasteiger partial charge in [0.1, 0.15) is 16.2 Å². The molecule has 0 saturated carbocycles. The van der Waals surface area contributed by atoms with Gasteiger partial charge in [0.05, 0.1) is 17.1 Å². The summed E-state index contributed by atoms with van der Waals surface area (Å²) in [6.07, 6.45) is 0.829. The minimum absolute atomic E-state index is 0.530. The smallest absolute Gasteiger partial charge is 0.144 e. The molecule has 6 heteroatoms. The maximum Gasteiger partial charge on any atom is 0.144 e. The number of nitrogens with zero attached hydrogens (tertiary/aromatic N) is 1. The Morgan fingerprint density at radius 3 is 2.84 bits per heavy atom. The number of aromatic nitrogens is 2. The van der Waals surface area contributed by atoms with Gasteiger partial charge in [0.25, 0.3) is 0 Å². The summed E-state index contributed by atoms with van der Waals surface area (Å²) in [4.78, 5) is 7.65. The summed E-state index contributed by atoms with van der Waals surface area (Å²) in [7, 11) is 1.60. The van der Waals surface area contributed by atoms with Crippen LogP contribution in [0.4, 0.5) is 0 Å². The number of H-pyrrole nitrogens is 1. The number of halogens is 2. The van der Waals surface area contributed by atoms with Gasteiger partial charge >= 0.3 is 0 Å². The van der Waals surface area contributed by atoms with E-state index in [0.717, 1.165) is 22.2 Å². The van der Waals surface area contributed by atoms with E-state index in [1.807, 2.05) is 13.0 Å². The highest BCUT2D eigenvalue weighted by Gasteiger charge is 2.11. The first-order valence-corrected chi connectivity index (χ1v) is 7.27. The van der Waals surface area contributed by atoms with Crippen LogP contribution in [0.25, 0.3) is 11.4 Å². The quantitative estimate of drug-likeness (QED) is 0.800. The maximum absolute atomic E-state index is 5.96. The molecule has 0 aliphatic carbocycles. The molecule has 0 aliphatic rings. The number of methoxy groups -OCH3 is 1. The number of benzene rings is 1. The van der Waals surface area contributed by atoms with Gasteiger partial charge in [-0.1, -0.05) is 30.7 Å². The molecule has 1 N–H and O–H groups in total. The minimum Gasteiger partial charge on any atom is -0.496 e. The molecule has 0 atom stereocenters. The zero-order valence-corrected chi connectivity index (χ0v) is 13.6. The molecular weight excluding hydrogens is 348 g/mol. The highest BCUT2D eigenvalue weighted by atomic mass is 79.9. The average molecular weight is 360 g/mol. The summed E-state index contributed by atoms with van der Waals surface area (Å²) in [5.74, 6) is 1.34. The monoisotopic (exact) mass is 358 g/mol. The third-order valence-corrected chi connectivity index (χ3v) is 4.35. The van der Waals surface area contributed by atoms with Gasteiger partial charge in [0.2, 0.25) is 0 Å². The normalized spacial score (nSPS) is 10.5. The number of hydrogen-bond donors (Lipinski definition) is 1. The van der Waals surface area contributed by atoms with E-state index in [2.05, 4.69) is 25.9 Å². The van der Waals surface area contributed by atoms with Gasteiger partial charge in [0, 0.05) is 10.7 Å². The Morgan fingerprint density at radius 1 is 1.47 bits per heavy atom. The topological polar surface area (TPSA) is 37.9 Å². The third kappa shape index (κ3) is 2.99. The molecule has 0 spiro atoms. The van der Waals surface area contributed by atoms with Crippen molar-refractivity contribution in [3.63, 3.8) is 0 Å². The zero-order valence-electron chi connectivity index (χ0n) is 10.5. The SMILES string of the molecule is CCc1[nH]c(-c2ccc(Cl)cc2OC)nc(=S)c1Br. The molecule has 0 aliphatic heterocycles. The fourth-order valence-electron chi connectivity index (χ4n) is 1.74. The summed E-state index contributed by atoms with van der Waals surface area (Å²) in [6.45, 7) is 2.05. The van der Waals surface area contributed by atoms with Gasteiger partial charge in [-0.15, -0.1) is 0 Å². The highest BCUT2D eigenvalue weighted by Crippen LogP contribution is 2.31. The van der Waals surface area contributed by atoms with Crippen LogP contribution in [0.5, 0.6) is 5.75 Å². The molecule has 3 nitrogen and oxygen atoms in total. The van der Waals surface area contributed by atoms with Gasteiger partial charge in [-0.2, -0.15) is 0 Å². The third-order valence-electron chi connectivity index (χ3n) is 2.71. The van der Waals surface area contributed by atoms with Crippen molar-refractivity contribution in [3.05, 3.63) is 38.0 Å². The van der Waals surface area contributed by atoms with Crippen LogP contribution in [0.2, 0.25) is 5.02 Å². The Bertz CT molecular complexity index is 672. The molecule has 0 unspecified atom stereocenters. The van der Waals surface area contributed by atoms with Crippen LogP contribution >= 0.6 is 39.7 Å². The molecule has 0 amide bonds. The van der Waals surface area contributed by atoms with Crippen molar-refractivity contribution in [1.29, 1.82) is 0 Å². The summed E-state index contributed by atoms with van der Waals surface area (Å²) >= 11 is 14.7. The van der Waals surface area contributed by atoms with Gasteiger partial charge in [0.15, 0.2) is 0 Å². The molecular formula is C13H12BrClN2OS. The Hall–Kier alpha value is -0.910. The number of aryl methyl sites for hydroxylation is 1. The lowest BCUT2D eigenvalue weighted by atomic mass is 10.2. The molecule has 100 valence electrons. The van der Waals surface area contributed by atoms with E-state index in [-0.39, 0.29) is 0 Å². The van der Waals surface area contributed by atoms with Crippen LogP contribution in [-0.2, 0) is 6.42 Å². The minimum atomic E-state index is 0.530. The van der Waals surface area contributed by atoms with E-state index in [4.69, 9.17) is 28.6 Å². The van der Waals surface area contributed by atoms with E-state index in [1.165, 1.54) is 0 Å². The number of aromatic amines is 1. The first-order valence-electron chi connectivity index (χ1n) is 5.69. The molecule has 2 aromatic rings. The first kappa shape index (κ1) is 14.5. The van der Waals surface area contributed by atoms with Crippen LogP contribution in [-0.4, -0.2) is 17.1 Å². The van der Waals surface area contributed by atoms with Gasteiger partial charge < -0.3 is 9.72 Å². The van der Waals surface area contributed by atoms with E-state index < -0.39 is 0 Å². The Morgan fingerprint density at radius 2 is 2.21 bits per heavy atom. The molecule has 2 rings (SSSR count). The van der Waals surface area contributed by atoms with Crippen LogP contribution in [0.3, 0.4) is 0 Å². The van der Waals surface area contributed by atoms with Crippen molar-refractivity contribution in [2.24, 2.45) is 0 Å². The molecule has 0 fully saturated rings. The molecule has 0 bridgehead atoms. The number of rotatable bonds is 3. The van der Waals surface area contributed by atoms with Crippen molar-refractivity contribution in [2.45, 2.75) is 13.3 Å². The molecule has 1 aromatic carbocycles. The number of hydrogen-bond acceptors (Lipinski definition) is 3. The number of nitrogens with one attached hydrogen (secondary N) is 1. The lowest BCUT2D eigenvalue weighted by Crippen LogP contribution is -1.99. The predicted molar refractivity (Wildman–Crippen MR) is 83.5 cm³/mol. The summed E-state index contributed by atoms with van der Waals surface area (Å²) < 4.78 is 6.70. The maximum atomic E-state index is 5.96. The van der Waals surface area contributed by atoms with Crippen LogP contribution in [0.1, 0.15) is 12.6 Å². The van der Waals surface area contributed by atoms with Gasteiger partial charge in [-0.05, 0) is 40.5 Å². The predicted octanol–water partition coefficient (Wildman–Crippen LogP) is 4.79. The van der Waals surface area contributed by atoms with E-state index in [9.17, 15) is 0 Å². The first-order chi connectivity index (χ1) is 9.06. The summed E-state index contributed by atoms with van der Waals surface area (Å²) in [5, 5.41) is 0.618. The van der Waals surface area contributed by atoms with E-state index in [1.54, 1.807) is 19.2 Å². The van der Waals surface area contributed by atoms with Crippen LogP contribution < -0.4 is 4.74 Å². The molecule has 0 saturated heterocycles. The summed E-state index contributed by atoms with van der Waals surface area (Å²) in [5.41, 5.74) is 1.84. The van der Waals surface area contributed by atoms with Crippen molar-refractivity contribution in [2.75, 3.05) is 7.11 Å². The van der Waals surface area contributed by atoms with Crippen molar-refractivity contribution in [1.82, 2.24) is 9.97 Å². The second kappa shape index (κ2) is 6.03. The lowest BCUT2D eigenvalue weighted by Gasteiger charge is -2.10. The van der Waals surface area contributed by atoms with Gasteiger partial charge in [-0.3, -0.25) is 0 Å². The van der Waals surface area contributed by atoms with E-state index in [0.29, 0.717) is 21.2 Å². The van der Waals surface area contributed by atoms with Gasteiger partial charge in [-0.25, -0.2) is 4.98 Å². The van der Waals surface area contributed by atoms with Crippen molar-refractivity contribution >= 4 is 39.7 Å². The fraction of sp³-hybridized carbons (Fsp3) is 0.231. The second-order valence-electron chi connectivity index (χ2n) is 3.88. The van der Waals surface area contributed by atoms with Crippen LogP contribution in [0, 0.1) is 4.64 Å². The summed E-state index contributed by atoms with van der Waals surface area (Å²) in [6, 6.07) is 5.41. The number of ether oxygens (including phenoxy) is 1. The second-order valence-corrected chi connectivity index (χ2v) is 5.50. The Labute approximate surface area is 130 Å². The highest BCUT2D eigenvalue weighted by molar-refractivity contribution is 9.10. The molecule has 1 aromatic heterocycles. The molecule has 0 radical (unpaired) electrons. The Kier molecular flexibility index (Phi) is 4.60. The lowest BCUT2D eigenvalue weighted by molar-refractivity contribution is 0.416. The van der Waals surface area contributed by atoms with Crippen LogP contribution in [0.15, 0.2) is 22.7 Å². The fourth-order valence-corrected chi connectivity index (χ4v) is 2.58.